The van der Waals surface area contributed by atoms with Crippen LogP contribution >= 0.6 is 23.1 Å². The van der Waals surface area contributed by atoms with Gasteiger partial charge in [-0.15, -0.1) is 23.1 Å². The third-order valence-electron chi connectivity index (χ3n) is 3.49. The lowest BCUT2D eigenvalue weighted by Crippen LogP contribution is -2.06. The highest BCUT2D eigenvalue weighted by Gasteiger charge is 2.27. The number of fused-ring (bicyclic) bond motifs is 2. The van der Waals surface area contributed by atoms with Gasteiger partial charge in [-0.05, 0) is 28.1 Å². The van der Waals surface area contributed by atoms with Crippen LogP contribution < -0.4 is 0 Å². The average molecular weight is 284 g/mol. The summed E-state index contributed by atoms with van der Waals surface area (Å²) >= 11 is 3.77. The van der Waals surface area contributed by atoms with Crippen LogP contribution in [0.1, 0.15) is 28.4 Å². The number of thiophene rings is 1. The molecule has 4 rings (SSSR count). The number of hydrogen-bond acceptors (Lipinski definition) is 3. The lowest BCUT2D eigenvalue weighted by Gasteiger charge is -2.15. The molecule has 0 fully saturated rings. The number of aromatic amines is 1. The van der Waals surface area contributed by atoms with E-state index in [9.17, 15) is 0 Å². The van der Waals surface area contributed by atoms with E-state index in [1.165, 1.54) is 20.9 Å². The fourth-order valence-corrected chi connectivity index (χ4v) is 4.80. The van der Waals surface area contributed by atoms with E-state index in [0.717, 1.165) is 11.6 Å². The van der Waals surface area contributed by atoms with E-state index >= 15 is 0 Å². The van der Waals surface area contributed by atoms with Crippen LogP contribution in [0.4, 0.5) is 0 Å². The van der Waals surface area contributed by atoms with Crippen molar-refractivity contribution < 1.29 is 0 Å². The second-order valence-electron chi connectivity index (χ2n) is 4.56. The van der Waals surface area contributed by atoms with Crippen LogP contribution in [0.5, 0.6) is 0 Å². The molecule has 2 nitrogen and oxygen atoms in total. The Morgan fingerprint density at radius 3 is 3.00 bits per heavy atom. The number of thioether (sulfide) groups is 1. The van der Waals surface area contributed by atoms with Crippen molar-refractivity contribution in [1.29, 1.82) is 0 Å². The van der Waals surface area contributed by atoms with Gasteiger partial charge in [-0.3, -0.25) is 0 Å². The Balaban J connectivity index is 1.98. The molecule has 1 aromatic carbocycles. The van der Waals surface area contributed by atoms with Gasteiger partial charge in [-0.2, -0.15) is 0 Å². The molecular weight excluding hydrogens is 272 g/mol. The van der Waals surface area contributed by atoms with Crippen LogP contribution in [0, 0.1) is 0 Å². The number of aromatic nitrogens is 2. The largest absolute Gasteiger partial charge is 0.348 e. The highest BCUT2D eigenvalue weighted by Crippen LogP contribution is 2.45. The van der Waals surface area contributed by atoms with Gasteiger partial charge in [-0.1, -0.05) is 24.3 Å². The van der Waals surface area contributed by atoms with E-state index in [2.05, 4.69) is 45.7 Å². The van der Waals surface area contributed by atoms with E-state index in [0.29, 0.717) is 0 Å². The summed E-state index contributed by atoms with van der Waals surface area (Å²) in [5, 5.41) is 2.18. The zero-order chi connectivity index (χ0) is 12.7. The Morgan fingerprint density at radius 2 is 2.11 bits per heavy atom. The molecule has 0 saturated heterocycles. The third-order valence-corrected chi connectivity index (χ3v) is 5.80. The summed E-state index contributed by atoms with van der Waals surface area (Å²) in [4.78, 5) is 7.79. The molecule has 4 heteroatoms. The minimum Gasteiger partial charge on any atom is -0.348 e. The molecule has 19 heavy (non-hydrogen) atoms. The van der Waals surface area contributed by atoms with Crippen LogP contribution in [-0.2, 0) is 5.75 Å². The number of benzene rings is 1. The molecule has 1 aliphatic heterocycles. The lowest BCUT2D eigenvalue weighted by molar-refractivity contribution is 0.869. The maximum absolute atomic E-state index is 4.50. The molecule has 0 bridgehead atoms. The van der Waals surface area contributed by atoms with Crippen molar-refractivity contribution >= 4 is 23.1 Å². The Labute approximate surface area is 119 Å². The van der Waals surface area contributed by atoms with Crippen LogP contribution in [0.25, 0.3) is 0 Å². The molecule has 0 aliphatic carbocycles. The second kappa shape index (κ2) is 4.54. The van der Waals surface area contributed by atoms with Crippen molar-refractivity contribution in [2.75, 3.05) is 0 Å². The average Bonchev–Trinajstić information content (AvgIpc) is 3.09. The van der Waals surface area contributed by atoms with Crippen molar-refractivity contribution in [3.8, 4) is 0 Å². The standard InChI is InChI=1S/C15H12N2S2/c1-2-4-11-10(3-1)9-19-15-12(5-8-18-15)13(11)14-16-6-7-17-14/h1-8,13H,9H2,(H,16,17). The number of nitrogens with one attached hydrogen (secondary N) is 1. The number of nitrogens with zero attached hydrogens (tertiary/aromatic N) is 1. The van der Waals surface area contributed by atoms with Crippen molar-refractivity contribution in [3.63, 3.8) is 0 Å². The predicted octanol–water partition coefficient (Wildman–Crippen LogP) is 4.26. The van der Waals surface area contributed by atoms with Gasteiger partial charge in [0.2, 0.25) is 0 Å². The molecule has 2 aromatic heterocycles. The van der Waals surface area contributed by atoms with E-state index in [1.807, 2.05) is 35.5 Å². The fourth-order valence-electron chi connectivity index (χ4n) is 2.62. The first-order valence-electron chi connectivity index (χ1n) is 6.21. The van der Waals surface area contributed by atoms with E-state index in [4.69, 9.17) is 0 Å². The van der Waals surface area contributed by atoms with Gasteiger partial charge < -0.3 is 4.98 Å². The topological polar surface area (TPSA) is 28.7 Å². The zero-order valence-corrected chi connectivity index (χ0v) is 11.8. The molecule has 1 unspecified atom stereocenters. The van der Waals surface area contributed by atoms with Gasteiger partial charge in [-0.25, -0.2) is 4.98 Å². The van der Waals surface area contributed by atoms with Gasteiger partial charge in [0.15, 0.2) is 0 Å². The minimum atomic E-state index is 0.238. The maximum atomic E-state index is 4.50. The SMILES string of the molecule is c1ccc2c(c1)CSc1sccc1C2c1ncc[nH]1. The molecular formula is C15H12N2S2. The molecule has 0 saturated carbocycles. The summed E-state index contributed by atoms with van der Waals surface area (Å²) < 4.78 is 1.41. The Bertz CT molecular complexity index is 701. The molecule has 1 N–H and O–H groups in total. The predicted molar refractivity (Wildman–Crippen MR) is 79.9 cm³/mol. The number of H-pyrrole nitrogens is 1. The van der Waals surface area contributed by atoms with Gasteiger partial charge in [0.1, 0.15) is 5.82 Å². The molecule has 0 spiro atoms. The number of imidazole rings is 1. The molecule has 3 heterocycles. The summed E-state index contributed by atoms with van der Waals surface area (Å²) in [7, 11) is 0. The first-order chi connectivity index (χ1) is 9.43. The molecule has 1 atom stereocenters. The zero-order valence-electron chi connectivity index (χ0n) is 10.2. The molecule has 0 amide bonds. The Morgan fingerprint density at radius 1 is 1.16 bits per heavy atom. The normalized spacial score (nSPS) is 17.6. The van der Waals surface area contributed by atoms with Gasteiger partial charge in [0.25, 0.3) is 0 Å². The van der Waals surface area contributed by atoms with E-state index in [1.54, 1.807) is 0 Å². The van der Waals surface area contributed by atoms with Crippen molar-refractivity contribution in [1.82, 2.24) is 9.97 Å². The Kier molecular flexibility index (Phi) is 2.71. The number of rotatable bonds is 1. The summed E-state index contributed by atoms with van der Waals surface area (Å²) in [6.07, 6.45) is 3.74. The number of hydrogen-bond donors (Lipinski definition) is 1. The summed E-state index contributed by atoms with van der Waals surface area (Å²) in [6.45, 7) is 0. The van der Waals surface area contributed by atoms with Crippen molar-refractivity contribution in [2.45, 2.75) is 15.9 Å². The third kappa shape index (κ3) is 1.83. The van der Waals surface area contributed by atoms with Crippen LogP contribution in [0.2, 0.25) is 0 Å². The summed E-state index contributed by atoms with van der Waals surface area (Å²) in [6, 6.07) is 10.9. The van der Waals surface area contributed by atoms with Crippen LogP contribution in [0.3, 0.4) is 0 Å². The Hall–Kier alpha value is -1.52. The maximum Gasteiger partial charge on any atom is 0.118 e. The second-order valence-corrected chi connectivity index (χ2v) is 6.72. The van der Waals surface area contributed by atoms with Crippen molar-refractivity contribution in [3.05, 3.63) is 70.6 Å². The highest BCUT2D eigenvalue weighted by molar-refractivity contribution is 8.00. The van der Waals surface area contributed by atoms with Gasteiger partial charge in [0, 0.05) is 18.1 Å². The lowest BCUT2D eigenvalue weighted by atomic mass is 9.89. The van der Waals surface area contributed by atoms with Gasteiger partial charge in [0.05, 0.1) is 10.1 Å². The quantitative estimate of drug-likeness (QED) is 0.723. The summed E-state index contributed by atoms with van der Waals surface area (Å²) in [5.74, 6) is 2.32. The molecule has 1 aliphatic rings. The first-order valence-corrected chi connectivity index (χ1v) is 8.07. The highest BCUT2D eigenvalue weighted by atomic mass is 32.2. The molecule has 0 radical (unpaired) electrons. The van der Waals surface area contributed by atoms with Crippen LogP contribution in [0.15, 0.2) is 52.3 Å². The van der Waals surface area contributed by atoms with Gasteiger partial charge >= 0.3 is 0 Å². The van der Waals surface area contributed by atoms with Crippen molar-refractivity contribution in [2.24, 2.45) is 0 Å². The minimum absolute atomic E-state index is 0.238. The smallest absolute Gasteiger partial charge is 0.118 e. The molecule has 3 aromatic rings. The monoisotopic (exact) mass is 284 g/mol. The summed E-state index contributed by atoms with van der Waals surface area (Å²) in [5.41, 5.74) is 4.18. The molecule has 94 valence electrons. The van der Waals surface area contributed by atoms with E-state index < -0.39 is 0 Å². The van der Waals surface area contributed by atoms with Crippen LogP contribution in [-0.4, -0.2) is 9.97 Å². The fraction of sp³-hybridized carbons (Fsp3) is 0.133. The van der Waals surface area contributed by atoms with E-state index in [-0.39, 0.29) is 5.92 Å². The first kappa shape index (κ1) is 11.3.